The number of ketones is 1. The third-order valence-corrected chi connectivity index (χ3v) is 1.25. The molecule has 0 aliphatic carbocycles. The molecule has 0 aromatic heterocycles. The fourth-order valence-electron chi connectivity index (χ4n) is 0.581. The van der Waals surface area contributed by atoms with Crippen LogP contribution in [0.3, 0.4) is 0 Å². The molecular weight excluding hydrogens is 160 g/mol. The Morgan fingerprint density at radius 1 is 1.58 bits per heavy atom. The van der Waals surface area contributed by atoms with Gasteiger partial charge in [0.05, 0.1) is 12.2 Å². The summed E-state index contributed by atoms with van der Waals surface area (Å²) in [5.74, 6) is -1.26. The number of carbonyl (C=O) groups is 2. The Kier molecular flexibility index (Phi) is 4.21. The molecule has 1 atom stereocenters. The van der Waals surface area contributed by atoms with Crippen LogP contribution < -0.4 is 0 Å². The minimum atomic E-state index is -1.44. The first-order valence-corrected chi connectivity index (χ1v) is 3.55. The molecule has 0 aliphatic heterocycles. The molecule has 0 aromatic rings. The van der Waals surface area contributed by atoms with Crippen molar-refractivity contribution >= 4 is 11.8 Å². The van der Waals surface area contributed by atoms with Crippen LogP contribution in [0.25, 0.3) is 0 Å². The average molecular weight is 172 g/mol. The highest BCUT2D eigenvalue weighted by atomic mass is 16.5. The molecule has 0 radical (unpaired) electrons. The smallest absolute Gasteiger partial charge is 0.336 e. The molecule has 0 fully saturated rings. The average Bonchev–Trinajstić information content (AvgIpc) is 2.02. The van der Waals surface area contributed by atoms with Crippen LogP contribution in [0.2, 0.25) is 0 Å². The summed E-state index contributed by atoms with van der Waals surface area (Å²) < 4.78 is 4.52. The van der Waals surface area contributed by atoms with E-state index >= 15 is 0 Å². The van der Waals surface area contributed by atoms with E-state index in [2.05, 4.69) is 11.3 Å². The first-order chi connectivity index (χ1) is 5.50. The van der Waals surface area contributed by atoms with Crippen LogP contribution in [0.1, 0.15) is 13.8 Å². The third kappa shape index (κ3) is 2.84. The lowest BCUT2D eigenvalue weighted by Crippen LogP contribution is -2.25. The molecule has 0 heterocycles. The molecule has 0 aromatic carbocycles. The summed E-state index contributed by atoms with van der Waals surface area (Å²) in [6.45, 7) is 6.25. The molecule has 0 spiro atoms. The number of esters is 1. The van der Waals surface area contributed by atoms with Crippen LogP contribution in [-0.4, -0.2) is 29.6 Å². The van der Waals surface area contributed by atoms with Crippen molar-refractivity contribution in [3.05, 3.63) is 12.2 Å². The SMILES string of the molecule is C=C(C(=O)OCC)C(O)C(C)=O. The van der Waals surface area contributed by atoms with Gasteiger partial charge in [0.2, 0.25) is 0 Å². The maximum atomic E-state index is 10.9. The van der Waals surface area contributed by atoms with Crippen molar-refractivity contribution in [1.82, 2.24) is 0 Å². The van der Waals surface area contributed by atoms with Crippen molar-refractivity contribution in [2.45, 2.75) is 20.0 Å². The zero-order valence-corrected chi connectivity index (χ0v) is 7.16. The second-order valence-electron chi connectivity index (χ2n) is 2.26. The molecule has 68 valence electrons. The van der Waals surface area contributed by atoms with E-state index in [1.54, 1.807) is 6.92 Å². The first-order valence-electron chi connectivity index (χ1n) is 3.55. The van der Waals surface area contributed by atoms with Gasteiger partial charge in [0, 0.05) is 0 Å². The molecular formula is C8H12O4. The Morgan fingerprint density at radius 3 is 2.42 bits per heavy atom. The predicted octanol–water partition coefficient (Wildman–Crippen LogP) is 0.0556. The maximum Gasteiger partial charge on any atom is 0.336 e. The number of rotatable bonds is 4. The number of hydrogen-bond acceptors (Lipinski definition) is 4. The molecule has 0 amide bonds. The monoisotopic (exact) mass is 172 g/mol. The van der Waals surface area contributed by atoms with Crippen molar-refractivity contribution < 1.29 is 19.4 Å². The van der Waals surface area contributed by atoms with Crippen LogP contribution in [0.5, 0.6) is 0 Å². The molecule has 4 heteroatoms. The normalized spacial score (nSPS) is 11.9. The molecule has 4 nitrogen and oxygen atoms in total. The second-order valence-corrected chi connectivity index (χ2v) is 2.26. The topological polar surface area (TPSA) is 63.6 Å². The van der Waals surface area contributed by atoms with E-state index in [4.69, 9.17) is 5.11 Å². The van der Waals surface area contributed by atoms with Gasteiger partial charge in [-0.1, -0.05) is 6.58 Å². The van der Waals surface area contributed by atoms with Crippen molar-refractivity contribution in [3.63, 3.8) is 0 Å². The van der Waals surface area contributed by atoms with Gasteiger partial charge in [0.25, 0.3) is 0 Å². The van der Waals surface area contributed by atoms with Gasteiger partial charge in [0.1, 0.15) is 6.10 Å². The van der Waals surface area contributed by atoms with Gasteiger partial charge in [0.15, 0.2) is 5.78 Å². The number of carbonyl (C=O) groups excluding carboxylic acids is 2. The zero-order valence-electron chi connectivity index (χ0n) is 7.16. The minimum absolute atomic E-state index is 0.197. The fourth-order valence-corrected chi connectivity index (χ4v) is 0.581. The lowest BCUT2D eigenvalue weighted by Gasteiger charge is -2.08. The largest absolute Gasteiger partial charge is 0.463 e. The molecule has 12 heavy (non-hydrogen) atoms. The molecule has 0 aliphatic rings. The van der Waals surface area contributed by atoms with Crippen molar-refractivity contribution in [2.24, 2.45) is 0 Å². The quantitative estimate of drug-likeness (QED) is 0.481. The van der Waals surface area contributed by atoms with Crippen molar-refractivity contribution in [2.75, 3.05) is 6.61 Å². The van der Waals surface area contributed by atoms with Gasteiger partial charge >= 0.3 is 5.97 Å². The fraction of sp³-hybridized carbons (Fsp3) is 0.500. The van der Waals surface area contributed by atoms with Crippen molar-refractivity contribution in [1.29, 1.82) is 0 Å². The summed E-state index contributed by atoms with van der Waals surface area (Å²) >= 11 is 0. The predicted molar refractivity (Wildman–Crippen MR) is 42.5 cm³/mol. The van der Waals surface area contributed by atoms with E-state index in [9.17, 15) is 9.59 Å². The number of aliphatic hydroxyl groups is 1. The Bertz CT molecular complexity index is 207. The van der Waals surface area contributed by atoms with Crippen LogP contribution in [-0.2, 0) is 14.3 Å². The third-order valence-electron chi connectivity index (χ3n) is 1.25. The Labute approximate surface area is 70.8 Å². The van der Waals surface area contributed by atoms with Gasteiger partial charge in [-0.15, -0.1) is 0 Å². The lowest BCUT2D eigenvalue weighted by molar-refractivity contribution is -0.141. The highest BCUT2D eigenvalue weighted by Gasteiger charge is 2.20. The van der Waals surface area contributed by atoms with E-state index in [-0.39, 0.29) is 12.2 Å². The highest BCUT2D eigenvalue weighted by Crippen LogP contribution is 2.02. The van der Waals surface area contributed by atoms with Gasteiger partial charge < -0.3 is 9.84 Å². The van der Waals surface area contributed by atoms with Crippen LogP contribution >= 0.6 is 0 Å². The van der Waals surface area contributed by atoms with Crippen molar-refractivity contribution in [3.8, 4) is 0 Å². The Morgan fingerprint density at radius 2 is 2.08 bits per heavy atom. The number of Topliss-reactive ketones (excluding diaryl/α,β-unsaturated/α-hetero) is 1. The van der Waals surface area contributed by atoms with E-state index in [0.29, 0.717) is 0 Å². The highest BCUT2D eigenvalue weighted by molar-refractivity contribution is 5.97. The Hall–Kier alpha value is -1.16. The summed E-state index contributed by atoms with van der Waals surface area (Å²) in [6.07, 6.45) is -1.44. The Balaban J connectivity index is 4.19. The summed E-state index contributed by atoms with van der Waals surface area (Å²) in [6, 6.07) is 0. The van der Waals surface area contributed by atoms with E-state index in [1.807, 2.05) is 0 Å². The molecule has 0 rings (SSSR count). The zero-order chi connectivity index (χ0) is 9.72. The number of ether oxygens (including phenoxy) is 1. The summed E-state index contributed by atoms with van der Waals surface area (Å²) in [5.41, 5.74) is -0.218. The second kappa shape index (κ2) is 4.66. The van der Waals surface area contributed by atoms with Crippen LogP contribution in [0.15, 0.2) is 12.2 Å². The summed E-state index contributed by atoms with van der Waals surface area (Å²) in [7, 11) is 0. The van der Waals surface area contributed by atoms with Gasteiger partial charge in [-0.2, -0.15) is 0 Å². The first kappa shape index (κ1) is 10.8. The van der Waals surface area contributed by atoms with E-state index in [1.165, 1.54) is 6.92 Å². The molecule has 1 unspecified atom stereocenters. The van der Waals surface area contributed by atoms with Gasteiger partial charge in [-0.3, -0.25) is 4.79 Å². The van der Waals surface area contributed by atoms with Gasteiger partial charge in [-0.25, -0.2) is 4.79 Å². The summed E-state index contributed by atoms with van der Waals surface area (Å²) in [4.78, 5) is 21.4. The standard InChI is InChI=1S/C8H12O4/c1-4-12-8(11)5(2)7(10)6(3)9/h7,10H,2,4H2,1,3H3. The number of aliphatic hydroxyl groups excluding tert-OH is 1. The minimum Gasteiger partial charge on any atom is -0.463 e. The summed E-state index contributed by atoms with van der Waals surface area (Å²) in [5, 5.41) is 9.04. The van der Waals surface area contributed by atoms with E-state index < -0.39 is 17.9 Å². The van der Waals surface area contributed by atoms with Crippen LogP contribution in [0, 0.1) is 0 Å². The molecule has 1 N–H and O–H groups in total. The van der Waals surface area contributed by atoms with E-state index in [0.717, 1.165) is 0 Å². The molecule has 0 bridgehead atoms. The molecule has 0 saturated carbocycles. The van der Waals surface area contributed by atoms with Gasteiger partial charge in [-0.05, 0) is 13.8 Å². The lowest BCUT2D eigenvalue weighted by atomic mass is 10.1. The molecule has 0 saturated heterocycles. The maximum absolute atomic E-state index is 10.9. The van der Waals surface area contributed by atoms with Crippen LogP contribution in [0.4, 0.5) is 0 Å². The number of hydrogen-bond donors (Lipinski definition) is 1.